The van der Waals surface area contributed by atoms with Gasteiger partial charge in [0.2, 0.25) is 0 Å². The molecule has 0 aromatic heterocycles. The molecule has 1 spiro atoms. The number of quaternary nitrogens is 1. The third kappa shape index (κ3) is 2.28. The summed E-state index contributed by atoms with van der Waals surface area (Å²) in [7, 11) is 0. The number of carbonyl (C=O) groups excluding carboxylic acids is 1. The molecule has 4 heteroatoms. The van der Waals surface area contributed by atoms with Gasteiger partial charge >= 0.3 is 0 Å². The molecule has 4 nitrogen and oxygen atoms in total. The van der Waals surface area contributed by atoms with Crippen molar-refractivity contribution in [2.45, 2.75) is 30.5 Å². The lowest BCUT2D eigenvalue weighted by Crippen LogP contribution is -2.95. The number of allylic oxidation sites excluding steroid dienone is 2. The smallest absolute Gasteiger partial charge is 0.178 e. The fourth-order valence-electron chi connectivity index (χ4n) is 4.14. The van der Waals surface area contributed by atoms with E-state index in [1.807, 2.05) is 12.1 Å². The Balaban J connectivity index is 1.59. The molecule has 4 rings (SSSR count). The molecule has 0 radical (unpaired) electrons. The van der Waals surface area contributed by atoms with Crippen molar-refractivity contribution in [3.05, 3.63) is 54.1 Å². The third-order valence-corrected chi connectivity index (χ3v) is 5.22. The summed E-state index contributed by atoms with van der Waals surface area (Å²) in [6.07, 6.45) is 9.69. The minimum atomic E-state index is -0.0762. The van der Waals surface area contributed by atoms with Crippen LogP contribution in [0.25, 0.3) is 0 Å². The zero-order valence-corrected chi connectivity index (χ0v) is 12.5. The van der Waals surface area contributed by atoms with Crippen LogP contribution in [0.15, 0.2) is 48.6 Å². The Morgan fingerprint density at radius 3 is 2.68 bits per heavy atom. The largest absolute Gasteiger partial charge is 0.508 e. The number of carbonyl (C=O) groups is 1. The van der Waals surface area contributed by atoms with Gasteiger partial charge in [0, 0.05) is 6.42 Å². The second kappa shape index (κ2) is 5.07. The van der Waals surface area contributed by atoms with Gasteiger partial charge in [0.25, 0.3) is 0 Å². The second-order valence-corrected chi connectivity index (χ2v) is 6.67. The van der Waals surface area contributed by atoms with E-state index in [1.54, 1.807) is 24.3 Å². The average Bonchev–Trinajstić information content (AvgIpc) is 2.81. The molecule has 2 fully saturated rings. The quantitative estimate of drug-likeness (QED) is 0.830. The van der Waals surface area contributed by atoms with Crippen molar-refractivity contribution >= 4 is 5.78 Å². The van der Waals surface area contributed by atoms with E-state index in [1.165, 1.54) is 5.56 Å². The topological polar surface area (TPSA) is 57.2 Å². The molecular formula is C18H21N2O2+. The third-order valence-electron chi connectivity index (χ3n) is 5.22. The highest BCUT2D eigenvalue weighted by molar-refractivity contribution is 6.00. The van der Waals surface area contributed by atoms with E-state index in [9.17, 15) is 9.90 Å². The Kier molecular flexibility index (Phi) is 3.17. The molecule has 22 heavy (non-hydrogen) atoms. The lowest BCUT2D eigenvalue weighted by Gasteiger charge is -2.39. The molecule has 0 amide bonds. The van der Waals surface area contributed by atoms with Crippen molar-refractivity contribution < 1.29 is 15.2 Å². The molecule has 1 aromatic rings. The van der Waals surface area contributed by atoms with Crippen LogP contribution < -0.4 is 5.32 Å². The van der Waals surface area contributed by atoms with Crippen LogP contribution >= 0.6 is 0 Å². The minimum Gasteiger partial charge on any atom is -0.508 e. The molecule has 3 atom stereocenters. The molecule has 0 saturated carbocycles. The Morgan fingerprint density at radius 2 is 1.95 bits per heavy atom. The minimum absolute atomic E-state index is 0.0762. The van der Waals surface area contributed by atoms with Crippen LogP contribution in [-0.4, -0.2) is 46.5 Å². The Bertz CT molecular complexity index is 632. The van der Waals surface area contributed by atoms with Crippen LogP contribution in [0.4, 0.5) is 0 Å². The molecule has 2 aliphatic heterocycles. The van der Waals surface area contributed by atoms with Gasteiger partial charge in [-0.3, -0.25) is 9.69 Å². The molecule has 1 aliphatic carbocycles. The highest BCUT2D eigenvalue weighted by Crippen LogP contribution is 2.36. The van der Waals surface area contributed by atoms with Gasteiger partial charge < -0.3 is 10.4 Å². The van der Waals surface area contributed by atoms with Crippen LogP contribution in [0, 0.1) is 0 Å². The van der Waals surface area contributed by atoms with Crippen LogP contribution in [0.2, 0.25) is 0 Å². The van der Waals surface area contributed by atoms with Gasteiger partial charge in [0.05, 0.1) is 24.7 Å². The first-order valence-electron chi connectivity index (χ1n) is 7.95. The van der Waals surface area contributed by atoms with E-state index in [4.69, 9.17) is 0 Å². The maximum absolute atomic E-state index is 11.5. The van der Waals surface area contributed by atoms with Crippen molar-refractivity contribution in [1.82, 2.24) is 4.90 Å². The van der Waals surface area contributed by atoms with Crippen molar-refractivity contribution in [3.63, 3.8) is 0 Å². The maximum Gasteiger partial charge on any atom is 0.178 e. The first kappa shape index (κ1) is 13.7. The molecule has 3 N–H and O–H groups in total. The molecule has 114 valence electrons. The first-order valence-corrected chi connectivity index (χ1v) is 7.95. The number of aromatic hydroxyl groups is 1. The van der Waals surface area contributed by atoms with Crippen LogP contribution in [0.3, 0.4) is 0 Å². The molecular weight excluding hydrogens is 276 g/mol. The van der Waals surface area contributed by atoms with Crippen molar-refractivity contribution in [2.75, 3.05) is 13.1 Å². The lowest BCUT2D eigenvalue weighted by atomic mass is 9.89. The summed E-state index contributed by atoms with van der Waals surface area (Å²) in [4.78, 5) is 14.0. The SMILES string of the molecule is O=C1C=CC2(C=C1)C[C@H]1CN2[C@@H](Cc2ccc(O)cc2)C[NH2+]1. The van der Waals surface area contributed by atoms with Crippen LogP contribution in [-0.2, 0) is 11.2 Å². The number of hydrogen-bond donors (Lipinski definition) is 2. The highest BCUT2D eigenvalue weighted by Gasteiger charge is 2.51. The van der Waals surface area contributed by atoms with E-state index < -0.39 is 0 Å². The summed E-state index contributed by atoms with van der Waals surface area (Å²) in [6, 6.07) is 8.58. The van der Waals surface area contributed by atoms with E-state index in [2.05, 4.69) is 22.4 Å². The first-order chi connectivity index (χ1) is 10.6. The summed E-state index contributed by atoms with van der Waals surface area (Å²) < 4.78 is 0. The number of fused-ring (bicyclic) bond motifs is 3. The van der Waals surface area contributed by atoms with Gasteiger partial charge in [-0.1, -0.05) is 24.3 Å². The number of hydrogen-bond acceptors (Lipinski definition) is 3. The van der Waals surface area contributed by atoms with Gasteiger partial charge in [-0.15, -0.1) is 0 Å². The van der Waals surface area contributed by atoms with Crippen molar-refractivity contribution in [2.24, 2.45) is 0 Å². The number of rotatable bonds is 2. The van der Waals surface area contributed by atoms with Crippen LogP contribution in [0.1, 0.15) is 12.0 Å². The molecule has 2 saturated heterocycles. The van der Waals surface area contributed by atoms with E-state index in [-0.39, 0.29) is 11.3 Å². The van der Waals surface area contributed by atoms with Crippen LogP contribution in [0.5, 0.6) is 5.75 Å². The number of ketones is 1. The summed E-state index contributed by atoms with van der Waals surface area (Å²) in [5.41, 5.74) is 1.17. The number of nitrogens with zero attached hydrogens (tertiary/aromatic N) is 1. The van der Waals surface area contributed by atoms with Crippen molar-refractivity contribution in [1.29, 1.82) is 0 Å². The monoisotopic (exact) mass is 297 g/mol. The van der Waals surface area contributed by atoms with Gasteiger partial charge in [-0.2, -0.15) is 0 Å². The molecule has 3 aliphatic rings. The molecule has 2 heterocycles. The second-order valence-electron chi connectivity index (χ2n) is 6.67. The lowest BCUT2D eigenvalue weighted by molar-refractivity contribution is -0.696. The summed E-state index contributed by atoms with van der Waals surface area (Å²) in [5.74, 6) is 0.403. The number of piperazine rings is 1. The highest BCUT2D eigenvalue weighted by atomic mass is 16.3. The Hall–Kier alpha value is -1.91. The number of nitrogens with two attached hydrogens (primary N) is 1. The number of phenols is 1. The number of benzene rings is 1. The van der Waals surface area contributed by atoms with Gasteiger partial charge in [-0.05, 0) is 36.3 Å². The summed E-state index contributed by atoms with van der Waals surface area (Å²) in [5, 5.41) is 11.9. The maximum atomic E-state index is 11.5. The fraction of sp³-hybridized carbons (Fsp3) is 0.389. The van der Waals surface area contributed by atoms with Gasteiger partial charge in [0.1, 0.15) is 11.8 Å². The van der Waals surface area contributed by atoms with E-state index in [0.717, 1.165) is 25.9 Å². The van der Waals surface area contributed by atoms with E-state index >= 15 is 0 Å². The van der Waals surface area contributed by atoms with Crippen molar-refractivity contribution in [3.8, 4) is 5.75 Å². The Labute approximate surface area is 130 Å². The molecule has 1 unspecified atom stereocenters. The van der Waals surface area contributed by atoms with Gasteiger partial charge in [-0.25, -0.2) is 0 Å². The summed E-state index contributed by atoms with van der Waals surface area (Å²) in [6.45, 7) is 2.16. The fourth-order valence-corrected chi connectivity index (χ4v) is 4.14. The predicted octanol–water partition coefficient (Wildman–Crippen LogP) is 0.388. The van der Waals surface area contributed by atoms with E-state index in [0.29, 0.717) is 17.8 Å². The summed E-state index contributed by atoms with van der Waals surface area (Å²) >= 11 is 0. The molecule has 2 bridgehead atoms. The molecule has 1 aromatic carbocycles. The Morgan fingerprint density at radius 1 is 1.23 bits per heavy atom. The zero-order valence-electron chi connectivity index (χ0n) is 12.5. The standard InChI is InChI=1S/C18H20N2O2/c21-16-3-1-13(2-4-16)9-15-11-19-14-10-18(20(15)12-14)7-5-17(22)6-8-18/h1-8,14-15,19,21H,9-12H2/p+1/t14-,15-/m0/s1. The average molecular weight is 297 g/mol. The van der Waals surface area contributed by atoms with Gasteiger partial charge in [0.15, 0.2) is 5.78 Å². The normalized spacial score (nSPS) is 31.8. The predicted molar refractivity (Wildman–Crippen MR) is 83.5 cm³/mol. The zero-order chi connectivity index (χ0) is 15.2. The number of phenolic OH excluding ortho intramolecular Hbond substituents is 1.